The van der Waals surface area contributed by atoms with Crippen molar-refractivity contribution in [2.75, 3.05) is 0 Å². The molecule has 1 aliphatic heterocycles. The van der Waals surface area contributed by atoms with Crippen molar-refractivity contribution in [2.45, 2.75) is 12.0 Å². The zero-order valence-corrected chi connectivity index (χ0v) is 10.1. The highest BCUT2D eigenvalue weighted by atomic mass is 79.9. The van der Waals surface area contributed by atoms with E-state index in [1.807, 2.05) is 0 Å². The number of halogens is 1. The summed E-state index contributed by atoms with van der Waals surface area (Å²) < 4.78 is 0.770. The van der Waals surface area contributed by atoms with E-state index in [1.165, 1.54) is 0 Å². The SMILES string of the molecule is O=C1NC(=O)[C@@]2(CC(=O)c3cc(Br)ccc32)N1. The number of urea groups is 1. The first kappa shape index (κ1) is 10.5. The Kier molecular flexibility index (Phi) is 1.95. The molecule has 1 aromatic rings. The molecule has 1 atom stereocenters. The highest BCUT2D eigenvalue weighted by Gasteiger charge is 2.54. The monoisotopic (exact) mass is 294 g/mol. The second-order valence-electron chi connectivity index (χ2n) is 4.10. The Bertz CT molecular complexity index is 584. The molecular weight excluding hydrogens is 288 g/mol. The van der Waals surface area contributed by atoms with Crippen LogP contribution in [0.1, 0.15) is 22.3 Å². The molecule has 1 fully saturated rings. The van der Waals surface area contributed by atoms with Gasteiger partial charge in [-0.2, -0.15) is 0 Å². The normalized spacial score (nSPS) is 26.1. The van der Waals surface area contributed by atoms with Crippen LogP contribution in [0.25, 0.3) is 0 Å². The number of imide groups is 1. The maximum Gasteiger partial charge on any atom is 0.322 e. The molecule has 1 aromatic carbocycles. The zero-order chi connectivity index (χ0) is 12.2. The second kappa shape index (κ2) is 3.16. The fourth-order valence-corrected chi connectivity index (χ4v) is 2.72. The van der Waals surface area contributed by atoms with E-state index in [1.54, 1.807) is 18.2 Å². The van der Waals surface area contributed by atoms with Gasteiger partial charge in [0.15, 0.2) is 11.3 Å². The summed E-state index contributed by atoms with van der Waals surface area (Å²) in [4.78, 5) is 35.0. The number of fused-ring (bicyclic) bond motifs is 2. The van der Waals surface area contributed by atoms with Crippen LogP contribution in [0.5, 0.6) is 0 Å². The van der Waals surface area contributed by atoms with E-state index >= 15 is 0 Å². The molecule has 2 N–H and O–H groups in total. The lowest BCUT2D eigenvalue weighted by atomic mass is 9.92. The van der Waals surface area contributed by atoms with Crippen LogP contribution in [0.15, 0.2) is 22.7 Å². The van der Waals surface area contributed by atoms with Crippen LogP contribution in [-0.4, -0.2) is 17.7 Å². The summed E-state index contributed by atoms with van der Waals surface area (Å²) in [6.45, 7) is 0. The Labute approximate surface area is 105 Å². The number of nitrogens with one attached hydrogen (secondary N) is 2. The highest BCUT2D eigenvalue weighted by molar-refractivity contribution is 9.10. The van der Waals surface area contributed by atoms with Crippen LogP contribution in [0.3, 0.4) is 0 Å². The summed E-state index contributed by atoms with van der Waals surface area (Å²) in [7, 11) is 0. The lowest BCUT2D eigenvalue weighted by molar-refractivity contribution is -0.124. The van der Waals surface area contributed by atoms with Gasteiger partial charge in [-0.3, -0.25) is 14.9 Å². The number of carbonyl (C=O) groups excluding carboxylic acids is 3. The molecule has 6 heteroatoms. The third-order valence-corrected chi connectivity index (χ3v) is 3.60. The van der Waals surface area contributed by atoms with Gasteiger partial charge in [-0.05, 0) is 17.7 Å². The van der Waals surface area contributed by atoms with E-state index in [9.17, 15) is 14.4 Å². The first-order valence-electron chi connectivity index (χ1n) is 5.00. The van der Waals surface area contributed by atoms with Crippen molar-refractivity contribution in [3.63, 3.8) is 0 Å². The van der Waals surface area contributed by atoms with E-state index in [0.29, 0.717) is 11.1 Å². The third kappa shape index (κ3) is 1.27. The van der Waals surface area contributed by atoms with E-state index in [4.69, 9.17) is 0 Å². The molecule has 5 nitrogen and oxygen atoms in total. The van der Waals surface area contributed by atoms with Crippen molar-refractivity contribution in [2.24, 2.45) is 0 Å². The van der Waals surface area contributed by atoms with Gasteiger partial charge in [0.1, 0.15) is 0 Å². The molecule has 3 amide bonds. The molecule has 3 rings (SSSR count). The van der Waals surface area contributed by atoms with Gasteiger partial charge in [-0.15, -0.1) is 0 Å². The van der Waals surface area contributed by atoms with Gasteiger partial charge in [0, 0.05) is 16.5 Å². The number of ketones is 1. The minimum absolute atomic E-state index is 0.0175. The largest absolute Gasteiger partial charge is 0.322 e. The average Bonchev–Trinajstić information content (AvgIpc) is 2.67. The molecule has 0 unspecified atom stereocenters. The van der Waals surface area contributed by atoms with Crippen molar-refractivity contribution in [1.29, 1.82) is 0 Å². The second-order valence-corrected chi connectivity index (χ2v) is 5.02. The summed E-state index contributed by atoms with van der Waals surface area (Å²) in [6, 6.07) is 4.55. The number of Topliss-reactive ketones (excluding diaryl/α,β-unsaturated/α-hetero) is 1. The summed E-state index contributed by atoms with van der Waals surface area (Å²) >= 11 is 3.28. The van der Waals surface area contributed by atoms with E-state index in [-0.39, 0.29) is 12.2 Å². The molecular formula is C11H7BrN2O3. The van der Waals surface area contributed by atoms with Gasteiger partial charge in [-0.25, -0.2) is 4.79 Å². The molecule has 0 aromatic heterocycles. The van der Waals surface area contributed by atoms with Crippen LogP contribution in [0.4, 0.5) is 4.79 Å². The smallest absolute Gasteiger partial charge is 0.319 e. The molecule has 1 heterocycles. The first-order valence-corrected chi connectivity index (χ1v) is 5.79. The Morgan fingerprint density at radius 3 is 2.65 bits per heavy atom. The van der Waals surface area contributed by atoms with E-state index in [2.05, 4.69) is 26.6 Å². The summed E-state index contributed by atoms with van der Waals surface area (Å²) in [5.74, 6) is -0.601. The third-order valence-electron chi connectivity index (χ3n) is 3.11. The fourth-order valence-electron chi connectivity index (χ4n) is 2.36. The summed E-state index contributed by atoms with van der Waals surface area (Å²) in [6.07, 6.45) is -0.0175. The Balaban J connectivity index is 2.23. The first-order chi connectivity index (χ1) is 8.03. The zero-order valence-electron chi connectivity index (χ0n) is 8.54. The van der Waals surface area contributed by atoms with Crippen molar-refractivity contribution in [1.82, 2.24) is 10.6 Å². The quantitative estimate of drug-likeness (QED) is 0.703. The van der Waals surface area contributed by atoms with Crippen LogP contribution < -0.4 is 10.6 Å². The van der Waals surface area contributed by atoms with Crippen LogP contribution in [0.2, 0.25) is 0 Å². The Hall–Kier alpha value is -1.69. The van der Waals surface area contributed by atoms with Gasteiger partial charge < -0.3 is 5.32 Å². The minimum Gasteiger partial charge on any atom is -0.319 e. The van der Waals surface area contributed by atoms with Crippen molar-refractivity contribution < 1.29 is 14.4 Å². The number of hydrogen-bond donors (Lipinski definition) is 2. The van der Waals surface area contributed by atoms with Crippen molar-refractivity contribution >= 4 is 33.7 Å². The summed E-state index contributed by atoms with van der Waals surface area (Å²) in [5, 5.41) is 4.72. The lowest BCUT2D eigenvalue weighted by Crippen LogP contribution is -2.41. The number of hydrogen-bond acceptors (Lipinski definition) is 3. The molecule has 0 radical (unpaired) electrons. The topological polar surface area (TPSA) is 75.3 Å². The molecule has 1 saturated heterocycles. The molecule has 86 valence electrons. The number of rotatable bonds is 0. The number of amides is 3. The number of benzene rings is 1. The van der Waals surface area contributed by atoms with Gasteiger partial charge in [0.05, 0.1) is 0 Å². The predicted molar refractivity (Wildman–Crippen MR) is 61.4 cm³/mol. The van der Waals surface area contributed by atoms with Crippen LogP contribution >= 0.6 is 15.9 Å². The van der Waals surface area contributed by atoms with Gasteiger partial charge in [-0.1, -0.05) is 22.0 Å². The van der Waals surface area contributed by atoms with Crippen molar-refractivity contribution in [3.05, 3.63) is 33.8 Å². The van der Waals surface area contributed by atoms with Crippen LogP contribution in [-0.2, 0) is 10.3 Å². The maximum atomic E-state index is 11.9. The minimum atomic E-state index is -1.20. The Morgan fingerprint density at radius 1 is 1.24 bits per heavy atom. The van der Waals surface area contributed by atoms with Crippen LogP contribution in [0, 0.1) is 0 Å². The van der Waals surface area contributed by atoms with E-state index < -0.39 is 17.5 Å². The van der Waals surface area contributed by atoms with Gasteiger partial charge in [0.2, 0.25) is 0 Å². The fraction of sp³-hybridized carbons (Fsp3) is 0.182. The number of carbonyl (C=O) groups is 3. The molecule has 2 aliphatic rings. The molecule has 1 spiro atoms. The molecule has 1 aliphatic carbocycles. The summed E-state index contributed by atoms with van der Waals surface area (Å²) in [5.41, 5.74) is -0.157. The Morgan fingerprint density at radius 2 is 2.00 bits per heavy atom. The molecule has 17 heavy (non-hydrogen) atoms. The predicted octanol–water partition coefficient (Wildman–Crippen LogP) is 1.07. The lowest BCUT2D eigenvalue weighted by Gasteiger charge is -2.19. The average molecular weight is 295 g/mol. The van der Waals surface area contributed by atoms with E-state index in [0.717, 1.165) is 4.47 Å². The maximum absolute atomic E-state index is 11.9. The highest BCUT2D eigenvalue weighted by Crippen LogP contribution is 2.39. The molecule has 0 saturated carbocycles. The standard InChI is InChI=1S/C11H7BrN2O3/c12-5-1-2-7-6(3-5)8(15)4-11(7)9(16)13-10(17)14-11/h1-3H,4H2,(H2,13,14,16,17)/t11-/m0/s1. The van der Waals surface area contributed by atoms with Gasteiger partial charge in [0.25, 0.3) is 5.91 Å². The van der Waals surface area contributed by atoms with Gasteiger partial charge >= 0.3 is 6.03 Å². The van der Waals surface area contributed by atoms with Crippen molar-refractivity contribution in [3.8, 4) is 0 Å². The molecule has 0 bridgehead atoms.